The highest BCUT2D eigenvalue weighted by atomic mass is 32.2. The van der Waals surface area contributed by atoms with Crippen LogP contribution in [0.15, 0.2) is 24.3 Å². The Morgan fingerprint density at radius 2 is 2.05 bits per heavy atom. The Kier molecular flexibility index (Phi) is 5.47. The highest BCUT2D eigenvalue weighted by molar-refractivity contribution is 7.92. The van der Waals surface area contributed by atoms with Crippen molar-refractivity contribution in [1.29, 1.82) is 0 Å². The summed E-state index contributed by atoms with van der Waals surface area (Å²) in [6.45, 7) is 3.75. The Labute approximate surface area is 127 Å². The monoisotopic (exact) mass is 312 g/mol. The van der Waals surface area contributed by atoms with Gasteiger partial charge in [0, 0.05) is 31.6 Å². The first-order chi connectivity index (χ1) is 10.0. The summed E-state index contributed by atoms with van der Waals surface area (Å²) in [5, 5.41) is 0. The Balaban J connectivity index is 2.02. The number of ether oxygens (including phenoxy) is 1. The molecule has 1 saturated heterocycles. The summed E-state index contributed by atoms with van der Waals surface area (Å²) in [7, 11) is -1.47. The smallest absolute Gasteiger partial charge is 0.232 e. The minimum absolute atomic E-state index is 0.149. The lowest BCUT2D eigenvalue weighted by Crippen LogP contribution is -2.39. The molecule has 1 atom stereocenters. The van der Waals surface area contributed by atoms with Gasteiger partial charge in [-0.1, -0.05) is 6.92 Å². The van der Waals surface area contributed by atoms with Crippen molar-refractivity contribution in [2.45, 2.75) is 32.3 Å². The molecule has 6 heteroatoms. The Bertz CT molecular complexity index is 543. The molecule has 118 valence electrons. The molecule has 0 saturated carbocycles. The van der Waals surface area contributed by atoms with Crippen LogP contribution < -0.4 is 9.62 Å². The van der Waals surface area contributed by atoms with Crippen molar-refractivity contribution in [2.75, 3.05) is 35.6 Å². The topological polar surface area (TPSA) is 58.6 Å². The van der Waals surface area contributed by atoms with E-state index in [0.717, 1.165) is 31.6 Å². The maximum absolute atomic E-state index is 11.7. The van der Waals surface area contributed by atoms with Crippen molar-refractivity contribution in [3.63, 3.8) is 0 Å². The predicted octanol–water partition coefficient (Wildman–Crippen LogP) is 2.45. The number of benzene rings is 1. The van der Waals surface area contributed by atoms with Gasteiger partial charge >= 0.3 is 0 Å². The normalized spacial score (nSPS) is 19.5. The number of piperidine rings is 1. The van der Waals surface area contributed by atoms with Crippen LogP contribution in [0.3, 0.4) is 0 Å². The Hall–Kier alpha value is -1.27. The molecule has 1 aromatic carbocycles. The quantitative estimate of drug-likeness (QED) is 0.876. The maximum atomic E-state index is 11.7. The van der Waals surface area contributed by atoms with Gasteiger partial charge in [-0.05, 0) is 43.5 Å². The van der Waals surface area contributed by atoms with Gasteiger partial charge in [0.15, 0.2) is 0 Å². The van der Waals surface area contributed by atoms with Gasteiger partial charge in [-0.2, -0.15) is 0 Å². The Morgan fingerprint density at radius 1 is 1.33 bits per heavy atom. The molecule has 1 aromatic rings. The average Bonchev–Trinajstić information content (AvgIpc) is 2.47. The van der Waals surface area contributed by atoms with E-state index < -0.39 is 10.0 Å². The molecule has 1 unspecified atom stereocenters. The molecule has 1 N–H and O–H groups in total. The minimum atomic E-state index is -3.22. The molecule has 1 fully saturated rings. The molecule has 1 aliphatic rings. The fourth-order valence-corrected chi connectivity index (χ4v) is 3.74. The third kappa shape index (κ3) is 4.61. The largest absolute Gasteiger partial charge is 0.380 e. The number of anilines is 2. The van der Waals surface area contributed by atoms with E-state index in [1.165, 1.54) is 0 Å². The third-order valence-corrected chi connectivity index (χ3v) is 5.18. The van der Waals surface area contributed by atoms with E-state index in [0.29, 0.717) is 12.1 Å². The van der Waals surface area contributed by atoms with Crippen molar-refractivity contribution in [3.05, 3.63) is 24.3 Å². The molecular weight excluding hydrogens is 288 g/mol. The second-order valence-corrected chi connectivity index (χ2v) is 7.26. The van der Waals surface area contributed by atoms with Gasteiger partial charge in [0.05, 0.1) is 11.9 Å². The highest BCUT2D eigenvalue weighted by Gasteiger charge is 2.19. The predicted molar refractivity (Wildman–Crippen MR) is 86.4 cm³/mol. The summed E-state index contributed by atoms with van der Waals surface area (Å²) in [6.07, 6.45) is 3.10. The van der Waals surface area contributed by atoms with Crippen molar-refractivity contribution >= 4 is 21.4 Å². The number of nitrogens with one attached hydrogen (secondary N) is 1. The number of methoxy groups -OCH3 is 1. The van der Waals surface area contributed by atoms with E-state index in [1.54, 1.807) is 7.11 Å². The molecule has 0 aliphatic carbocycles. The van der Waals surface area contributed by atoms with Gasteiger partial charge in [-0.15, -0.1) is 0 Å². The first kappa shape index (κ1) is 16.1. The SMILES string of the molecule is CCCS(=O)(=O)Nc1ccc(N2CCCC(OC)C2)cc1. The zero-order chi connectivity index (χ0) is 15.3. The van der Waals surface area contributed by atoms with Crippen LogP contribution in [0.4, 0.5) is 11.4 Å². The Morgan fingerprint density at radius 3 is 2.67 bits per heavy atom. The van der Waals surface area contributed by atoms with Crippen LogP contribution in [0.25, 0.3) is 0 Å². The maximum Gasteiger partial charge on any atom is 0.232 e. The van der Waals surface area contributed by atoms with E-state index in [4.69, 9.17) is 4.74 Å². The first-order valence-electron chi connectivity index (χ1n) is 7.42. The molecular formula is C15H24N2O3S. The number of nitrogens with zero attached hydrogens (tertiary/aromatic N) is 1. The average molecular weight is 312 g/mol. The zero-order valence-corrected chi connectivity index (χ0v) is 13.5. The summed E-state index contributed by atoms with van der Waals surface area (Å²) in [4.78, 5) is 2.28. The lowest BCUT2D eigenvalue weighted by atomic mass is 10.1. The van der Waals surface area contributed by atoms with Gasteiger partial charge < -0.3 is 9.64 Å². The second kappa shape index (κ2) is 7.13. The van der Waals surface area contributed by atoms with E-state index in [-0.39, 0.29) is 11.9 Å². The van der Waals surface area contributed by atoms with Gasteiger partial charge in [-0.25, -0.2) is 8.42 Å². The van der Waals surface area contributed by atoms with Crippen LogP contribution in [0.1, 0.15) is 26.2 Å². The van der Waals surface area contributed by atoms with E-state index >= 15 is 0 Å². The van der Waals surface area contributed by atoms with E-state index in [9.17, 15) is 8.42 Å². The molecule has 0 aromatic heterocycles. The molecule has 21 heavy (non-hydrogen) atoms. The lowest BCUT2D eigenvalue weighted by Gasteiger charge is -2.33. The molecule has 1 heterocycles. The van der Waals surface area contributed by atoms with Crippen LogP contribution in [-0.4, -0.2) is 40.5 Å². The minimum Gasteiger partial charge on any atom is -0.380 e. The highest BCUT2D eigenvalue weighted by Crippen LogP contribution is 2.23. The van der Waals surface area contributed by atoms with Crippen LogP contribution in [0, 0.1) is 0 Å². The van der Waals surface area contributed by atoms with Crippen LogP contribution in [-0.2, 0) is 14.8 Å². The van der Waals surface area contributed by atoms with Gasteiger partial charge in [0.1, 0.15) is 0 Å². The fraction of sp³-hybridized carbons (Fsp3) is 0.600. The summed E-state index contributed by atoms with van der Waals surface area (Å²) >= 11 is 0. The first-order valence-corrected chi connectivity index (χ1v) is 9.07. The molecule has 0 spiro atoms. The molecule has 1 aliphatic heterocycles. The molecule has 0 bridgehead atoms. The molecule has 0 amide bonds. The zero-order valence-electron chi connectivity index (χ0n) is 12.7. The van der Waals surface area contributed by atoms with Crippen molar-refractivity contribution in [1.82, 2.24) is 0 Å². The summed E-state index contributed by atoms with van der Waals surface area (Å²) < 4.78 is 31.5. The van der Waals surface area contributed by atoms with Gasteiger partial charge in [0.25, 0.3) is 0 Å². The van der Waals surface area contributed by atoms with E-state index in [2.05, 4.69) is 9.62 Å². The van der Waals surface area contributed by atoms with Crippen LogP contribution in [0.5, 0.6) is 0 Å². The summed E-state index contributed by atoms with van der Waals surface area (Å²) in [5.74, 6) is 0.149. The number of hydrogen-bond donors (Lipinski definition) is 1. The van der Waals surface area contributed by atoms with Crippen molar-refractivity contribution in [2.24, 2.45) is 0 Å². The molecule has 5 nitrogen and oxygen atoms in total. The summed E-state index contributed by atoms with van der Waals surface area (Å²) in [5.41, 5.74) is 1.72. The molecule has 2 rings (SSSR count). The fourth-order valence-electron chi connectivity index (χ4n) is 2.60. The van der Waals surface area contributed by atoms with E-state index in [1.807, 2.05) is 31.2 Å². The third-order valence-electron chi connectivity index (χ3n) is 3.69. The van der Waals surface area contributed by atoms with Gasteiger partial charge in [-0.3, -0.25) is 4.72 Å². The number of rotatable bonds is 6. The van der Waals surface area contributed by atoms with Crippen molar-refractivity contribution in [3.8, 4) is 0 Å². The number of hydrogen-bond acceptors (Lipinski definition) is 4. The second-order valence-electron chi connectivity index (χ2n) is 5.41. The molecule has 0 radical (unpaired) electrons. The van der Waals surface area contributed by atoms with Crippen LogP contribution in [0.2, 0.25) is 0 Å². The lowest BCUT2D eigenvalue weighted by molar-refractivity contribution is 0.0893. The van der Waals surface area contributed by atoms with Crippen LogP contribution >= 0.6 is 0 Å². The van der Waals surface area contributed by atoms with Crippen molar-refractivity contribution < 1.29 is 13.2 Å². The van der Waals surface area contributed by atoms with Gasteiger partial charge in [0.2, 0.25) is 10.0 Å². The number of sulfonamides is 1. The summed E-state index contributed by atoms with van der Waals surface area (Å²) in [6, 6.07) is 7.56. The standard InChI is InChI=1S/C15H24N2O3S/c1-3-11-21(18,19)16-13-6-8-14(9-7-13)17-10-4-5-15(12-17)20-2/h6-9,15-16H,3-5,10-12H2,1-2H3.